The van der Waals surface area contributed by atoms with E-state index in [-0.39, 0.29) is 0 Å². The van der Waals surface area contributed by atoms with Crippen molar-refractivity contribution in [3.05, 3.63) is 30.0 Å². The molecule has 0 fully saturated rings. The third kappa shape index (κ3) is 3.33. The third-order valence-electron chi connectivity index (χ3n) is 3.22. The van der Waals surface area contributed by atoms with Crippen molar-refractivity contribution >= 4 is 10.9 Å². The highest BCUT2D eigenvalue weighted by Crippen LogP contribution is 2.19. The van der Waals surface area contributed by atoms with Crippen LogP contribution < -0.4 is 5.32 Å². The lowest BCUT2D eigenvalue weighted by Crippen LogP contribution is -2.33. The van der Waals surface area contributed by atoms with Crippen LogP contribution in [-0.2, 0) is 13.0 Å². The minimum absolute atomic E-state index is 0.389. The Morgan fingerprint density at radius 1 is 1.32 bits per heavy atom. The predicted molar refractivity (Wildman–Crippen MR) is 78.3 cm³/mol. The fraction of sp³-hybridized carbons (Fsp3) is 0.533. The van der Waals surface area contributed by atoms with Gasteiger partial charge in [-0.25, -0.2) is 0 Å². The Bertz CT molecular complexity index is 533. The number of benzene rings is 1. The molecule has 0 aliphatic carbocycles. The number of nitrogens with zero attached hydrogens (tertiary/aromatic N) is 2. The molecular formula is C15H23N3O. The van der Waals surface area contributed by atoms with Gasteiger partial charge in [0, 0.05) is 30.9 Å². The molecule has 2 N–H and O–H groups in total. The van der Waals surface area contributed by atoms with Crippen LogP contribution in [0.2, 0.25) is 0 Å². The highest BCUT2D eigenvalue weighted by atomic mass is 16.3. The molecule has 1 atom stereocenters. The molecule has 0 bridgehead atoms. The van der Waals surface area contributed by atoms with E-state index in [0.717, 1.165) is 23.1 Å². The Balaban J connectivity index is 2.16. The first kappa shape index (κ1) is 14.0. The fourth-order valence-corrected chi connectivity index (χ4v) is 2.26. The van der Waals surface area contributed by atoms with Crippen molar-refractivity contribution < 1.29 is 5.11 Å². The first-order chi connectivity index (χ1) is 9.11. The molecule has 0 radical (unpaired) electrons. The molecule has 104 valence electrons. The van der Waals surface area contributed by atoms with E-state index in [0.29, 0.717) is 19.0 Å². The largest absolute Gasteiger partial charge is 0.391 e. The predicted octanol–water partition coefficient (Wildman–Crippen LogP) is 1.96. The molecule has 1 unspecified atom stereocenters. The molecule has 0 aliphatic heterocycles. The van der Waals surface area contributed by atoms with E-state index < -0.39 is 6.10 Å². The smallest absolute Gasteiger partial charge is 0.0729 e. The number of aliphatic hydroxyl groups is 1. The number of hydrogen-bond donors (Lipinski definition) is 2. The molecule has 0 saturated heterocycles. The number of aryl methyl sites for hydroxylation is 1. The van der Waals surface area contributed by atoms with Crippen molar-refractivity contribution in [3.63, 3.8) is 0 Å². The number of nitrogens with one attached hydrogen (secondary N) is 1. The lowest BCUT2D eigenvalue weighted by Gasteiger charge is -2.13. The van der Waals surface area contributed by atoms with E-state index >= 15 is 0 Å². The van der Waals surface area contributed by atoms with Crippen molar-refractivity contribution in [3.8, 4) is 0 Å². The van der Waals surface area contributed by atoms with Gasteiger partial charge in [0.15, 0.2) is 0 Å². The average molecular weight is 261 g/mol. The van der Waals surface area contributed by atoms with Crippen LogP contribution >= 0.6 is 0 Å². The molecule has 4 heteroatoms. The van der Waals surface area contributed by atoms with Crippen LogP contribution in [0.4, 0.5) is 0 Å². The highest BCUT2D eigenvalue weighted by Gasteiger charge is 2.13. The molecule has 1 aromatic heterocycles. The first-order valence-electron chi connectivity index (χ1n) is 6.97. The number of aliphatic hydroxyl groups excluding tert-OH is 1. The van der Waals surface area contributed by atoms with Crippen molar-refractivity contribution in [2.75, 3.05) is 6.54 Å². The monoisotopic (exact) mass is 261 g/mol. The molecule has 1 heterocycles. The van der Waals surface area contributed by atoms with Crippen molar-refractivity contribution in [1.29, 1.82) is 0 Å². The second-order valence-electron chi connectivity index (χ2n) is 5.20. The van der Waals surface area contributed by atoms with Crippen LogP contribution in [0.5, 0.6) is 0 Å². The summed E-state index contributed by atoms with van der Waals surface area (Å²) in [5.41, 5.74) is 2.12. The maximum atomic E-state index is 10.1. The van der Waals surface area contributed by atoms with Crippen molar-refractivity contribution in [2.45, 2.75) is 45.9 Å². The molecule has 0 spiro atoms. The van der Waals surface area contributed by atoms with Crippen LogP contribution in [0, 0.1) is 0 Å². The Morgan fingerprint density at radius 3 is 2.74 bits per heavy atom. The topological polar surface area (TPSA) is 50.1 Å². The Kier molecular flexibility index (Phi) is 4.56. The SMILES string of the molecule is CCn1nc(CC(O)CNC(C)C)c2ccccc21. The number of rotatable bonds is 6. The van der Waals surface area contributed by atoms with Crippen LogP contribution in [0.25, 0.3) is 10.9 Å². The summed E-state index contributed by atoms with van der Waals surface area (Å²) in [6, 6.07) is 8.59. The normalized spacial score (nSPS) is 13.3. The van der Waals surface area contributed by atoms with Gasteiger partial charge in [0.05, 0.1) is 17.3 Å². The molecule has 19 heavy (non-hydrogen) atoms. The van der Waals surface area contributed by atoms with E-state index in [1.165, 1.54) is 0 Å². The fourth-order valence-electron chi connectivity index (χ4n) is 2.26. The van der Waals surface area contributed by atoms with Crippen molar-refractivity contribution in [1.82, 2.24) is 15.1 Å². The second kappa shape index (κ2) is 6.17. The van der Waals surface area contributed by atoms with Gasteiger partial charge >= 0.3 is 0 Å². The third-order valence-corrected chi connectivity index (χ3v) is 3.22. The molecule has 0 aliphatic rings. The molecule has 4 nitrogen and oxygen atoms in total. The molecular weight excluding hydrogens is 238 g/mol. The molecule has 0 saturated carbocycles. The van der Waals surface area contributed by atoms with Gasteiger partial charge in [-0.15, -0.1) is 0 Å². The summed E-state index contributed by atoms with van der Waals surface area (Å²) in [4.78, 5) is 0. The van der Waals surface area contributed by atoms with Gasteiger partial charge in [0.1, 0.15) is 0 Å². The lowest BCUT2D eigenvalue weighted by molar-refractivity contribution is 0.168. The average Bonchev–Trinajstić information content (AvgIpc) is 2.75. The summed E-state index contributed by atoms with van der Waals surface area (Å²) in [5.74, 6) is 0. The minimum atomic E-state index is -0.397. The lowest BCUT2D eigenvalue weighted by atomic mass is 10.1. The summed E-state index contributed by atoms with van der Waals surface area (Å²) in [6.45, 7) is 7.69. The van der Waals surface area contributed by atoms with Gasteiger partial charge in [-0.2, -0.15) is 5.10 Å². The maximum absolute atomic E-state index is 10.1. The maximum Gasteiger partial charge on any atom is 0.0729 e. The summed E-state index contributed by atoms with van der Waals surface area (Å²) in [6.07, 6.45) is 0.193. The van der Waals surface area contributed by atoms with Gasteiger partial charge in [0.25, 0.3) is 0 Å². The zero-order chi connectivity index (χ0) is 13.8. The second-order valence-corrected chi connectivity index (χ2v) is 5.20. The number of hydrogen-bond acceptors (Lipinski definition) is 3. The van der Waals surface area contributed by atoms with Gasteiger partial charge in [-0.3, -0.25) is 4.68 Å². The van der Waals surface area contributed by atoms with Gasteiger partial charge in [0.2, 0.25) is 0 Å². The zero-order valence-corrected chi connectivity index (χ0v) is 11.9. The molecule has 2 rings (SSSR count). The van der Waals surface area contributed by atoms with E-state index in [1.54, 1.807) is 0 Å². The van der Waals surface area contributed by atoms with E-state index in [2.05, 4.69) is 43.3 Å². The number of fused-ring (bicyclic) bond motifs is 1. The van der Waals surface area contributed by atoms with Crippen LogP contribution in [-0.4, -0.2) is 33.6 Å². The number of aromatic nitrogens is 2. The van der Waals surface area contributed by atoms with Crippen molar-refractivity contribution in [2.24, 2.45) is 0 Å². The number of para-hydroxylation sites is 1. The zero-order valence-electron chi connectivity index (χ0n) is 11.9. The summed E-state index contributed by atoms with van der Waals surface area (Å²) in [7, 11) is 0. The van der Waals surface area contributed by atoms with Crippen LogP contribution in [0.1, 0.15) is 26.5 Å². The quantitative estimate of drug-likeness (QED) is 0.835. The van der Waals surface area contributed by atoms with Gasteiger partial charge in [-0.05, 0) is 13.0 Å². The van der Waals surface area contributed by atoms with Crippen LogP contribution in [0.3, 0.4) is 0 Å². The highest BCUT2D eigenvalue weighted by molar-refractivity contribution is 5.81. The van der Waals surface area contributed by atoms with Gasteiger partial charge < -0.3 is 10.4 Å². The van der Waals surface area contributed by atoms with Gasteiger partial charge in [-0.1, -0.05) is 32.0 Å². The van der Waals surface area contributed by atoms with E-state index in [4.69, 9.17) is 0 Å². The van der Waals surface area contributed by atoms with E-state index in [9.17, 15) is 5.11 Å². The van der Waals surface area contributed by atoms with E-state index in [1.807, 2.05) is 16.8 Å². The Labute approximate surface area is 114 Å². The molecule has 1 aromatic carbocycles. The first-order valence-corrected chi connectivity index (χ1v) is 6.97. The summed E-state index contributed by atoms with van der Waals surface area (Å²) < 4.78 is 1.99. The summed E-state index contributed by atoms with van der Waals surface area (Å²) in [5, 5.41) is 19.1. The molecule has 0 amide bonds. The standard InChI is InChI=1S/C15H23N3O/c1-4-18-15-8-6-5-7-13(15)14(17-18)9-12(19)10-16-11(2)3/h5-8,11-12,16,19H,4,9-10H2,1-3H3. The molecule has 2 aromatic rings. The van der Waals surface area contributed by atoms with Crippen LogP contribution in [0.15, 0.2) is 24.3 Å². The minimum Gasteiger partial charge on any atom is -0.391 e. The summed E-state index contributed by atoms with van der Waals surface area (Å²) >= 11 is 0. The Morgan fingerprint density at radius 2 is 2.05 bits per heavy atom. The Hall–Kier alpha value is -1.39.